The van der Waals surface area contributed by atoms with Crippen molar-refractivity contribution in [2.24, 2.45) is 0 Å². The Bertz CT molecular complexity index is 4170. The monoisotopic (exact) mass is 970 g/mol. The maximum Gasteiger partial charge on any atom is 0.148 e. The molecule has 0 amide bonds. The van der Waals surface area contributed by atoms with Crippen molar-refractivity contribution in [3.8, 4) is 44.5 Å². The van der Waals surface area contributed by atoms with E-state index in [0.29, 0.717) is 5.69 Å². The zero-order valence-corrected chi connectivity index (χ0v) is 43.3. The third kappa shape index (κ3) is 6.45. The predicted molar refractivity (Wildman–Crippen MR) is 315 cm³/mol. The molecule has 12 aromatic rings. The summed E-state index contributed by atoms with van der Waals surface area (Å²) in [7, 11) is -4.49. The van der Waals surface area contributed by atoms with Gasteiger partial charge >= 0.3 is 0 Å². The van der Waals surface area contributed by atoms with Gasteiger partial charge in [0.15, 0.2) is 0 Å². The molecule has 73 heavy (non-hydrogen) atoms. The fourth-order valence-corrected chi connectivity index (χ4v) is 19.8. The zero-order chi connectivity index (χ0) is 49.2. The van der Waals surface area contributed by atoms with Crippen LogP contribution in [0.4, 0.5) is 38.5 Å². The second kappa shape index (κ2) is 16.3. The molecule has 0 saturated carbocycles. The van der Waals surface area contributed by atoms with E-state index in [1.54, 1.807) is 6.07 Å². The number of nitrogens with zero attached hydrogens (tertiary/aromatic N) is 2. The van der Waals surface area contributed by atoms with Gasteiger partial charge in [0.25, 0.3) is 0 Å². The average Bonchev–Trinajstić information content (AvgIpc) is 3.82. The minimum Gasteiger partial charge on any atom is -0.310 e. The van der Waals surface area contributed by atoms with Gasteiger partial charge in [0.2, 0.25) is 0 Å². The van der Waals surface area contributed by atoms with E-state index in [1.807, 2.05) is 24.3 Å². The van der Waals surface area contributed by atoms with Crippen LogP contribution in [0, 0.1) is 5.82 Å². The average molecular weight is 971 g/mol. The van der Waals surface area contributed by atoms with Gasteiger partial charge in [-0.2, -0.15) is 0 Å². The second-order valence-corrected chi connectivity index (χ2v) is 29.5. The van der Waals surface area contributed by atoms with Gasteiger partial charge in [-0.3, -0.25) is 0 Å². The summed E-state index contributed by atoms with van der Waals surface area (Å²) in [5.41, 5.74) is 14.8. The first-order valence-electron chi connectivity index (χ1n) is 25.5. The topological polar surface area (TPSA) is 6.48 Å². The highest BCUT2D eigenvalue weighted by Crippen LogP contribution is 2.51. The first-order valence-corrected chi connectivity index (χ1v) is 31.5. The molecule has 0 aromatic heterocycles. The minimum atomic E-state index is -2.35. The van der Waals surface area contributed by atoms with E-state index >= 15 is 4.39 Å². The predicted octanol–water partition coefficient (Wildman–Crippen LogP) is 16.6. The molecule has 2 aliphatic rings. The van der Waals surface area contributed by atoms with Gasteiger partial charge in [0.05, 0.1) is 17.1 Å². The van der Waals surface area contributed by atoms with Crippen LogP contribution in [-0.2, 0) is 0 Å². The number of hydrogen-bond acceptors (Lipinski definition) is 2. The van der Waals surface area contributed by atoms with Crippen LogP contribution >= 0.6 is 0 Å². The van der Waals surface area contributed by atoms with E-state index in [1.165, 1.54) is 70.2 Å². The van der Waals surface area contributed by atoms with E-state index in [0.717, 1.165) is 55.8 Å². The molecule has 348 valence electrons. The lowest BCUT2D eigenvalue weighted by molar-refractivity contribution is 0.630. The molecular weight excluding hydrogens is 920 g/mol. The van der Waals surface area contributed by atoms with Crippen LogP contribution in [0.15, 0.2) is 237 Å². The van der Waals surface area contributed by atoms with Crippen molar-refractivity contribution in [1.82, 2.24) is 0 Å². The number of fused-ring (bicyclic) bond motifs is 6. The summed E-state index contributed by atoms with van der Waals surface area (Å²) in [6, 6.07) is 85.3. The van der Waals surface area contributed by atoms with Gasteiger partial charge in [0.1, 0.15) is 22.0 Å². The van der Waals surface area contributed by atoms with Crippen LogP contribution in [0.5, 0.6) is 0 Å². The third-order valence-corrected chi connectivity index (χ3v) is 23.3. The number of halogens is 1. The van der Waals surface area contributed by atoms with E-state index < -0.39 is 16.1 Å². The molecule has 0 aliphatic carbocycles. The van der Waals surface area contributed by atoms with Gasteiger partial charge in [-0.1, -0.05) is 214 Å². The molecule has 0 atom stereocenters. The molecule has 5 heteroatoms. The molecule has 2 heterocycles. The molecule has 14 rings (SSSR count). The quantitative estimate of drug-likeness (QED) is 0.111. The van der Waals surface area contributed by atoms with Crippen molar-refractivity contribution >= 4 is 103 Å². The largest absolute Gasteiger partial charge is 0.310 e. The lowest BCUT2D eigenvalue weighted by Crippen LogP contribution is -2.50. The summed E-state index contributed by atoms with van der Waals surface area (Å²) in [5, 5.41) is 12.6. The first-order chi connectivity index (χ1) is 35.7. The summed E-state index contributed by atoms with van der Waals surface area (Å²) >= 11 is 0. The fourth-order valence-electron chi connectivity index (χ4n) is 13.0. The van der Waals surface area contributed by atoms with E-state index in [4.69, 9.17) is 0 Å². The summed E-state index contributed by atoms with van der Waals surface area (Å²) in [6.07, 6.45) is 0. The lowest BCUT2D eigenvalue weighted by atomic mass is 9.91. The van der Waals surface area contributed by atoms with Crippen molar-refractivity contribution < 1.29 is 4.39 Å². The molecule has 2 aliphatic heterocycles. The SMILES string of the molecule is C[Si]1(C)c2ccccc2-c2cccc(N(c3ccccc3)c3ccc4ccc5c(N(c6cccc7c6[Si](C)(C)c6ccccc6-7)c6c(F)cc(-c7ccccc7)cc6-c6ccccc6)ccc6ccc3c4c65)c21. The Labute approximate surface area is 428 Å². The highest BCUT2D eigenvalue weighted by Gasteiger charge is 2.43. The van der Waals surface area contributed by atoms with Crippen LogP contribution in [-0.4, -0.2) is 16.1 Å². The third-order valence-electron chi connectivity index (χ3n) is 16.2. The zero-order valence-electron chi connectivity index (χ0n) is 41.3. The van der Waals surface area contributed by atoms with Crippen LogP contribution in [0.2, 0.25) is 26.2 Å². The van der Waals surface area contributed by atoms with Crippen molar-refractivity contribution in [2.45, 2.75) is 26.2 Å². The molecule has 0 unspecified atom stereocenters. The van der Waals surface area contributed by atoms with Gasteiger partial charge < -0.3 is 9.80 Å². The van der Waals surface area contributed by atoms with E-state index in [2.05, 4.69) is 242 Å². The number of rotatable bonds is 8. The second-order valence-electron chi connectivity index (χ2n) is 20.9. The number of anilines is 6. The highest BCUT2D eigenvalue weighted by molar-refractivity contribution is 7.05. The molecule has 0 saturated heterocycles. The number of hydrogen-bond donors (Lipinski definition) is 0. The summed E-state index contributed by atoms with van der Waals surface area (Å²) < 4.78 is 18.4. The van der Waals surface area contributed by atoms with Crippen molar-refractivity contribution in [1.29, 1.82) is 0 Å². The molecule has 12 aromatic carbocycles. The van der Waals surface area contributed by atoms with Crippen LogP contribution < -0.4 is 30.5 Å². The standard InChI is InChI=1S/C68H51FN2Si2/c1-72(2)62-32-16-14-26-50(62)52-28-18-30-60(67(52)72)70(49-24-12-7-13-25-49)58-40-36-46-35-39-55-59(41-37-47-34-38-54(58)64(46)65(47)55)71(61-31-19-29-53-51-27-15-17-33-63(51)73(3,4)68(53)61)66-56(45-22-10-6-11-23-45)42-48(43-57(66)69)44-20-8-5-9-21-44/h5-43H,1-4H3. The van der Waals surface area contributed by atoms with E-state index in [-0.39, 0.29) is 5.82 Å². The minimum absolute atomic E-state index is 0.275. The molecular formula is C68H51FN2Si2. The Kier molecular flexibility index (Phi) is 9.72. The Morgan fingerprint density at radius 2 is 0.767 bits per heavy atom. The number of para-hydroxylation sites is 1. The van der Waals surface area contributed by atoms with Crippen LogP contribution in [0.25, 0.3) is 76.8 Å². The fraction of sp³-hybridized carbons (Fsp3) is 0.0588. The smallest absolute Gasteiger partial charge is 0.148 e. The van der Waals surface area contributed by atoms with Gasteiger partial charge in [-0.05, 0) is 130 Å². The molecule has 0 spiro atoms. The van der Waals surface area contributed by atoms with Crippen molar-refractivity contribution in [2.75, 3.05) is 9.80 Å². The van der Waals surface area contributed by atoms with Gasteiger partial charge in [-0.25, -0.2) is 4.39 Å². The Balaban J connectivity index is 1.06. The van der Waals surface area contributed by atoms with Crippen LogP contribution in [0.3, 0.4) is 0 Å². The molecule has 2 nitrogen and oxygen atoms in total. The Morgan fingerprint density at radius 3 is 1.32 bits per heavy atom. The summed E-state index contributed by atoms with van der Waals surface area (Å²) in [6.45, 7) is 9.93. The normalized spacial score (nSPS) is 13.8. The maximum atomic E-state index is 18.4. The van der Waals surface area contributed by atoms with Gasteiger partial charge in [0, 0.05) is 33.4 Å². The molecule has 0 fully saturated rings. The molecule has 0 radical (unpaired) electrons. The number of benzene rings is 12. The van der Waals surface area contributed by atoms with Crippen molar-refractivity contribution in [3.05, 3.63) is 242 Å². The summed E-state index contributed by atoms with van der Waals surface area (Å²) in [4.78, 5) is 4.82. The molecule has 0 N–H and O–H groups in total. The lowest BCUT2D eigenvalue weighted by Gasteiger charge is -2.34. The first kappa shape index (κ1) is 43.4. The van der Waals surface area contributed by atoms with Crippen LogP contribution in [0.1, 0.15) is 0 Å². The summed E-state index contributed by atoms with van der Waals surface area (Å²) in [5.74, 6) is -0.275. The highest BCUT2D eigenvalue weighted by atomic mass is 28.3. The van der Waals surface area contributed by atoms with E-state index in [9.17, 15) is 0 Å². The molecule has 0 bridgehead atoms. The maximum absolute atomic E-state index is 18.4. The Morgan fingerprint density at radius 1 is 0.329 bits per heavy atom. The van der Waals surface area contributed by atoms with Gasteiger partial charge in [-0.15, -0.1) is 0 Å². The Hall–Kier alpha value is -8.36. The van der Waals surface area contributed by atoms with Crippen molar-refractivity contribution in [3.63, 3.8) is 0 Å².